The molecule has 0 saturated heterocycles. The van der Waals surface area contributed by atoms with Crippen LogP contribution in [0.15, 0.2) is 18.2 Å². The largest absolute Gasteiger partial charge is 0.485 e. The number of carbonyl (C=O) groups is 2. The number of halogens is 1. The molecule has 0 saturated carbocycles. The van der Waals surface area contributed by atoms with E-state index in [-0.39, 0.29) is 42.4 Å². The van der Waals surface area contributed by atoms with Crippen molar-refractivity contribution >= 4 is 11.9 Å². The minimum Gasteiger partial charge on any atom is -0.485 e. The zero-order chi connectivity index (χ0) is 15.2. The van der Waals surface area contributed by atoms with Crippen LogP contribution in [0.3, 0.4) is 0 Å². The number of methoxy groups -OCH3 is 1. The van der Waals surface area contributed by atoms with Crippen molar-refractivity contribution in [3.8, 4) is 5.75 Å². The molecule has 5 nitrogen and oxygen atoms in total. The van der Waals surface area contributed by atoms with Crippen molar-refractivity contribution < 1.29 is 23.5 Å². The molecule has 0 radical (unpaired) electrons. The highest BCUT2D eigenvalue weighted by Crippen LogP contribution is 2.30. The fourth-order valence-electron chi connectivity index (χ4n) is 2.23. The molecule has 1 aromatic rings. The predicted molar refractivity (Wildman–Crippen MR) is 73.4 cm³/mol. The van der Waals surface area contributed by atoms with Crippen molar-refractivity contribution in [2.45, 2.75) is 31.8 Å². The van der Waals surface area contributed by atoms with E-state index < -0.39 is 0 Å². The number of ether oxygens (including phenoxy) is 2. The maximum Gasteiger partial charge on any atom is 0.305 e. The number of para-hydroxylation sites is 1. The Morgan fingerprint density at radius 1 is 1.43 bits per heavy atom. The van der Waals surface area contributed by atoms with Crippen molar-refractivity contribution in [1.82, 2.24) is 5.32 Å². The lowest BCUT2D eigenvalue weighted by molar-refractivity contribution is -0.140. The molecule has 114 valence electrons. The summed E-state index contributed by atoms with van der Waals surface area (Å²) in [5.41, 5.74) is 0.819. The van der Waals surface area contributed by atoms with Crippen LogP contribution >= 0.6 is 0 Å². The third-order valence-electron chi connectivity index (χ3n) is 3.32. The van der Waals surface area contributed by atoms with Crippen LogP contribution in [0, 0.1) is 5.82 Å². The van der Waals surface area contributed by atoms with E-state index in [0.717, 1.165) is 5.56 Å². The fraction of sp³-hybridized carbons (Fsp3) is 0.467. The van der Waals surface area contributed by atoms with Crippen LogP contribution in [0.2, 0.25) is 0 Å². The second-order valence-electron chi connectivity index (χ2n) is 4.91. The first-order valence-electron chi connectivity index (χ1n) is 6.87. The first kappa shape index (κ1) is 15.3. The van der Waals surface area contributed by atoms with Crippen molar-refractivity contribution in [3.63, 3.8) is 0 Å². The number of rotatable bonds is 6. The topological polar surface area (TPSA) is 64.6 Å². The molecule has 1 heterocycles. The number of carbonyl (C=O) groups excluding carboxylic acids is 2. The van der Waals surface area contributed by atoms with Gasteiger partial charge in [0.25, 0.3) is 0 Å². The van der Waals surface area contributed by atoms with Crippen LogP contribution in [0.1, 0.15) is 24.8 Å². The summed E-state index contributed by atoms with van der Waals surface area (Å²) in [6, 6.07) is 4.81. The lowest BCUT2D eigenvalue weighted by Crippen LogP contribution is -2.34. The zero-order valence-corrected chi connectivity index (χ0v) is 11.9. The normalized spacial score (nSPS) is 16.0. The van der Waals surface area contributed by atoms with Gasteiger partial charge in [-0.3, -0.25) is 9.59 Å². The molecule has 21 heavy (non-hydrogen) atoms. The molecular formula is C15H18FNO4. The summed E-state index contributed by atoms with van der Waals surface area (Å²) in [7, 11) is 1.32. The third kappa shape index (κ3) is 4.18. The van der Waals surface area contributed by atoms with E-state index in [1.54, 1.807) is 6.07 Å². The summed E-state index contributed by atoms with van der Waals surface area (Å²) in [5.74, 6) is -0.575. The fourth-order valence-corrected chi connectivity index (χ4v) is 2.23. The molecule has 1 N–H and O–H groups in total. The van der Waals surface area contributed by atoms with Gasteiger partial charge in [-0.05, 0) is 12.5 Å². The number of hydrogen-bond acceptors (Lipinski definition) is 4. The molecule has 0 fully saturated rings. The highest BCUT2D eigenvalue weighted by atomic mass is 19.1. The summed E-state index contributed by atoms with van der Waals surface area (Å²) in [4.78, 5) is 22.5. The van der Waals surface area contributed by atoms with Gasteiger partial charge in [-0.25, -0.2) is 4.39 Å². The molecule has 1 aliphatic heterocycles. The van der Waals surface area contributed by atoms with Gasteiger partial charge in [0.1, 0.15) is 6.10 Å². The van der Waals surface area contributed by atoms with Gasteiger partial charge in [-0.2, -0.15) is 0 Å². The Labute approximate surface area is 122 Å². The molecule has 2 rings (SSSR count). The van der Waals surface area contributed by atoms with E-state index in [0.29, 0.717) is 19.4 Å². The Balaban J connectivity index is 1.69. The first-order chi connectivity index (χ1) is 10.1. The predicted octanol–water partition coefficient (Wildman–Crippen LogP) is 1.59. The molecule has 0 spiro atoms. The van der Waals surface area contributed by atoms with Crippen LogP contribution in [-0.2, 0) is 20.7 Å². The standard InChI is InChI=1S/C15H18FNO4/c1-20-14(19)7-3-6-13(18)17-9-11-8-10-4-2-5-12(16)15(10)21-11/h2,4-5,11H,3,6-9H2,1H3,(H,17,18). The molecule has 0 bridgehead atoms. The van der Waals surface area contributed by atoms with Crippen molar-refractivity contribution in [2.24, 2.45) is 0 Å². The van der Waals surface area contributed by atoms with E-state index in [1.807, 2.05) is 6.07 Å². The summed E-state index contributed by atoms with van der Waals surface area (Å²) in [6.07, 6.45) is 1.25. The third-order valence-corrected chi connectivity index (χ3v) is 3.32. The molecule has 0 aliphatic carbocycles. The smallest absolute Gasteiger partial charge is 0.305 e. The number of esters is 1. The van der Waals surface area contributed by atoms with Gasteiger partial charge in [-0.15, -0.1) is 0 Å². The number of nitrogens with one attached hydrogen (secondary N) is 1. The SMILES string of the molecule is COC(=O)CCCC(=O)NCC1Cc2cccc(F)c2O1. The molecule has 1 aliphatic rings. The van der Waals surface area contributed by atoms with Crippen LogP contribution in [-0.4, -0.2) is 31.6 Å². The number of fused-ring (bicyclic) bond motifs is 1. The molecule has 6 heteroatoms. The highest BCUT2D eigenvalue weighted by molar-refractivity contribution is 5.77. The molecule has 1 atom stereocenters. The molecular weight excluding hydrogens is 277 g/mol. The summed E-state index contributed by atoms with van der Waals surface area (Å²) in [5, 5.41) is 2.73. The lowest BCUT2D eigenvalue weighted by atomic mass is 10.1. The van der Waals surface area contributed by atoms with Crippen molar-refractivity contribution in [1.29, 1.82) is 0 Å². The first-order valence-corrected chi connectivity index (χ1v) is 6.87. The Hall–Kier alpha value is -2.11. The second-order valence-corrected chi connectivity index (χ2v) is 4.91. The average molecular weight is 295 g/mol. The van der Waals surface area contributed by atoms with Crippen molar-refractivity contribution in [2.75, 3.05) is 13.7 Å². The highest BCUT2D eigenvalue weighted by Gasteiger charge is 2.25. The van der Waals surface area contributed by atoms with Gasteiger partial charge in [0.05, 0.1) is 13.7 Å². The minimum atomic E-state index is -0.376. The minimum absolute atomic E-state index is 0.154. The molecule has 0 aromatic heterocycles. The van der Waals surface area contributed by atoms with Crippen LogP contribution < -0.4 is 10.1 Å². The summed E-state index contributed by atoms with van der Waals surface area (Å²) in [6.45, 7) is 0.325. The quantitative estimate of drug-likeness (QED) is 0.809. The summed E-state index contributed by atoms with van der Waals surface area (Å²) < 4.78 is 23.5. The van der Waals surface area contributed by atoms with Gasteiger partial charge in [0.2, 0.25) is 5.91 Å². The number of benzene rings is 1. The molecule has 1 amide bonds. The Morgan fingerprint density at radius 2 is 2.24 bits per heavy atom. The van der Waals surface area contributed by atoms with Gasteiger partial charge < -0.3 is 14.8 Å². The van der Waals surface area contributed by atoms with Gasteiger partial charge in [0, 0.05) is 24.8 Å². The van der Waals surface area contributed by atoms with E-state index in [2.05, 4.69) is 10.1 Å². The monoisotopic (exact) mass is 295 g/mol. The number of hydrogen-bond donors (Lipinski definition) is 1. The maximum atomic E-state index is 13.5. The second kappa shape index (κ2) is 7.06. The van der Waals surface area contributed by atoms with Gasteiger partial charge in [0.15, 0.2) is 11.6 Å². The number of amides is 1. The van der Waals surface area contributed by atoms with Crippen LogP contribution in [0.4, 0.5) is 4.39 Å². The van der Waals surface area contributed by atoms with Crippen molar-refractivity contribution in [3.05, 3.63) is 29.6 Å². The summed E-state index contributed by atoms with van der Waals surface area (Å²) >= 11 is 0. The average Bonchev–Trinajstić information content (AvgIpc) is 2.89. The zero-order valence-electron chi connectivity index (χ0n) is 11.9. The molecule has 1 unspecified atom stereocenters. The van der Waals surface area contributed by atoms with E-state index >= 15 is 0 Å². The Bertz CT molecular complexity index is 532. The van der Waals surface area contributed by atoms with Crippen LogP contribution in [0.25, 0.3) is 0 Å². The van der Waals surface area contributed by atoms with Gasteiger partial charge in [-0.1, -0.05) is 12.1 Å². The van der Waals surface area contributed by atoms with E-state index in [9.17, 15) is 14.0 Å². The Morgan fingerprint density at radius 3 is 2.95 bits per heavy atom. The van der Waals surface area contributed by atoms with E-state index in [4.69, 9.17) is 4.74 Å². The van der Waals surface area contributed by atoms with E-state index in [1.165, 1.54) is 13.2 Å². The Kier molecular flexibility index (Phi) is 5.14. The van der Waals surface area contributed by atoms with Crippen LogP contribution in [0.5, 0.6) is 5.75 Å². The molecule has 1 aromatic carbocycles. The maximum absolute atomic E-state index is 13.5. The lowest BCUT2D eigenvalue weighted by Gasteiger charge is -2.12. The van der Waals surface area contributed by atoms with Gasteiger partial charge >= 0.3 is 5.97 Å².